The van der Waals surface area contributed by atoms with Gasteiger partial charge in [0.15, 0.2) is 0 Å². The van der Waals surface area contributed by atoms with Crippen molar-refractivity contribution >= 4 is 24.7 Å². The van der Waals surface area contributed by atoms with Gasteiger partial charge in [-0.05, 0) is 29.3 Å². The van der Waals surface area contributed by atoms with E-state index in [1.807, 2.05) is 36.4 Å². The van der Waals surface area contributed by atoms with Crippen LogP contribution in [0.15, 0.2) is 60.7 Å². The van der Waals surface area contributed by atoms with Gasteiger partial charge in [-0.25, -0.2) is 0 Å². The standard InChI is InChI=1S/C21H29NO3Si/c1-16(21(5,22)19(23)24)25-26(20(2,3)4,17-12-8-6-9-13-17)18-14-10-7-11-15-18/h6-16H,22H2,1-5H3,(H,23,24)/t16-,21+/m0/s1. The van der Waals surface area contributed by atoms with Gasteiger partial charge in [-0.3, -0.25) is 4.79 Å². The molecular weight excluding hydrogens is 342 g/mol. The molecular formula is C21H29NO3Si. The Morgan fingerprint density at radius 2 is 1.35 bits per heavy atom. The Kier molecular flexibility index (Phi) is 5.75. The van der Waals surface area contributed by atoms with Gasteiger partial charge < -0.3 is 15.3 Å². The summed E-state index contributed by atoms with van der Waals surface area (Å²) in [4.78, 5) is 11.7. The van der Waals surface area contributed by atoms with Crippen LogP contribution >= 0.6 is 0 Å². The van der Waals surface area contributed by atoms with E-state index in [0.717, 1.165) is 10.4 Å². The van der Waals surface area contributed by atoms with Crippen molar-refractivity contribution in [1.82, 2.24) is 0 Å². The minimum atomic E-state index is -2.81. The summed E-state index contributed by atoms with van der Waals surface area (Å²) in [5.74, 6) is -1.07. The van der Waals surface area contributed by atoms with Crippen LogP contribution in [0.3, 0.4) is 0 Å². The van der Waals surface area contributed by atoms with E-state index >= 15 is 0 Å². The zero-order valence-electron chi connectivity index (χ0n) is 16.2. The molecule has 0 heterocycles. The van der Waals surface area contributed by atoms with Gasteiger partial charge in [-0.15, -0.1) is 0 Å². The molecule has 0 radical (unpaired) electrons. The lowest BCUT2D eigenvalue weighted by atomic mass is 9.98. The quantitative estimate of drug-likeness (QED) is 0.766. The average molecular weight is 372 g/mol. The maximum atomic E-state index is 11.7. The van der Waals surface area contributed by atoms with Gasteiger partial charge in [0.05, 0.1) is 6.10 Å². The minimum absolute atomic E-state index is 0.224. The Hall–Kier alpha value is -1.95. The number of benzene rings is 2. The van der Waals surface area contributed by atoms with Crippen LogP contribution in [-0.2, 0) is 9.22 Å². The molecule has 26 heavy (non-hydrogen) atoms. The Bertz CT molecular complexity index is 699. The van der Waals surface area contributed by atoms with Crippen molar-refractivity contribution < 1.29 is 14.3 Å². The van der Waals surface area contributed by atoms with E-state index in [2.05, 4.69) is 45.0 Å². The first-order valence-electron chi connectivity index (χ1n) is 8.84. The molecule has 0 aliphatic carbocycles. The smallest absolute Gasteiger partial charge is 0.326 e. The van der Waals surface area contributed by atoms with Gasteiger partial charge in [0.25, 0.3) is 8.32 Å². The minimum Gasteiger partial charge on any atom is -0.480 e. The highest BCUT2D eigenvalue weighted by atomic mass is 28.4. The third-order valence-corrected chi connectivity index (χ3v) is 10.2. The maximum absolute atomic E-state index is 11.7. The molecule has 0 aromatic heterocycles. The normalized spacial score (nSPS) is 15.9. The number of nitrogens with two attached hydrogens (primary N) is 1. The lowest BCUT2D eigenvalue weighted by molar-refractivity contribution is -0.146. The molecule has 2 aromatic rings. The molecule has 0 unspecified atom stereocenters. The SMILES string of the molecule is C[C@H](O[Si](c1ccccc1)(c1ccccc1)C(C)(C)C)[C@@](C)(N)C(=O)O. The number of carboxylic acids is 1. The van der Waals surface area contributed by atoms with Gasteiger partial charge in [0.1, 0.15) is 5.54 Å². The molecule has 0 aliphatic heterocycles. The van der Waals surface area contributed by atoms with Crippen molar-refractivity contribution in [2.24, 2.45) is 5.73 Å². The summed E-state index contributed by atoms with van der Waals surface area (Å²) in [6, 6.07) is 20.2. The molecule has 0 fully saturated rings. The predicted octanol–water partition coefficient (Wildman–Crippen LogP) is 2.75. The fourth-order valence-electron chi connectivity index (χ4n) is 3.25. The van der Waals surface area contributed by atoms with E-state index in [-0.39, 0.29) is 5.04 Å². The van der Waals surface area contributed by atoms with Crippen LogP contribution in [0.1, 0.15) is 34.6 Å². The fraction of sp³-hybridized carbons (Fsp3) is 0.381. The highest BCUT2D eigenvalue weighted by molar-refractivity contribution is 6.99. The second-order valence-corrected chi connectivity index (χ2v) is 12.3. The summed E-state index contributed by atoms with van der Waals surface area (Å²) < 4.78 is 6.73. The van der Waals surface area contributed by atoms with E-state index in [0.29, 0.717) is 0 Å². The van der Waals surface area contributed by atoms with E-state index < -0.39 is 25.9 Å². The fourth-order valence-corrected chi connectivity index (χ4v) is 8.04. The highest BCUT2D eigenvalue weighted by Gasteiger charge is 2.53. The molecule has 4 nitrogen and oxygen atoms in total. The lowest BCUT2D eigenvalue weighted by Gasteiger charge is -2.46. The molecule has 0 spiro atoms. The largest absolute Gasteiger partial charge is 0.480 e. The van der Waals surface area contributed by atoms with Crippen LogP contribution < -0.4 is 16.1 Å². The van der Waals surface area contributed by atoms with Gasteiger partial charge in [-0.1, -0.05) is 81.4 Å². The van der Waals surface area contributed by atoms with E-state index in [1.165, 1.54) is 6.92 Å². The first-order chi connectivity index (χ1) is 12.0. The summed E-state index contributed by atoms with van der Waals surface area (Å²) in [7, 11) is -2.81. The van der Waals surface area contributed by atoms with Crippen LogP contribution in [0.2, 0.25) is 5.04 Å². The second kappa shape index (κ2) is 7.35. The molecule has 0 aliphatic rings. The van der Waals surface area contributed by atoms with Crippen molar-refractivity contribution in [3.63, 3.8) is 0 Å². The molecule has 5 heteroatoms. The average Bonchev–Trinajstić information content (AvgIpc) is 2.59. The Balaban J connectivity index is 2.71. The molecule has 0 amide bonds. The molecule has 0 saturated carbocycles. The van der Waals surface area contributed by atoms with Crippen LogP contribution in [0, 0.1) is 0 Å². The van der Waals surface area contributed by atoms with Crippen LogP contribution in [0.25, 0.3) is 0 Å². The second-order valence-electron chi connectivity index (χ2n) is 8.01. The summed E-state index contributed by atoms with van der Waals surface area (Å²) in [5.41, 5.74) is 4.63. The van der Waals surface area contributed by atoms with Gasteiger partial charge in [0, 0.05) is 0 Å². The van der Waals surface area contributed by atoms with Crippen LogP contribution in [0.4, 0.5) is 0 Å². The Morgan fingerprint density at radius 3 is 1.65 bits per heavy atom. The monoisotopic (exact) mass is 371 g/mol. The lowest BCUT2D eigenvalue weighted by Crippen LogP contribution is -2.70. The third-order valence-electron chi connectivity index (χ3n) is 5.08. The number of aliphatic carboxylic acids is 1. The van der Waals surface area contributed by atoms with Crippen molar-refractivity contribution in [1.29, 1.82) is 0 Å². The van der Waals surface area contributed by atoms with Crippen LogP contribution in [0.5, 0.6) is 0 Å². The Labute approximate surface area is 157 Å². The maximum Gasteiger partial charge on any atom is 0.326 e. The summed E-state index contributed by atoms with van der Waals surface area (Å²) in [6.07, 6.45) is -0.661. The highest BCUT2D eigenvalue weighted by Crippen LogP contribution is 2.38. The van der Waals surface area contributed by atoms with Gasteiger partial charge in [-0.2, -0.15) is 0 Å². The zero-order chi connectivity index (χ0) is 19.6. The molecule has 0 bridgehead atoms. The number of carbonyl (C=O) groups is 1. The van der Waals surface area contributed by atoms with Gasteiger partial charge in [0.2, 0.25) is 0 Å². The van der Waals surface area contributed by atoms with E-state index in [1.54, 1.807) is 6.92 Å². The molecule has 0 saturated heterocycles. The Morgan fingerprint density at radius 1 is 0.962 bits per heavy atom. The van der Waals surface area contributed by atoms with Crippen molar-refractivity contribution in [2.45, 2.75) is 51.3 Å². The number of carboxylic acid groups (broad SMARTS) is 1. The molecule has 2 aromatic carbocycles. The van der Waals surface area contributed by atoms with E-state index in [4.69, 9.17) is 10.2 Å². The molecule has 2 rings (SSSR count). The first kappa shape index (κ1) is 20.4. The first-order valence-corrected chi connectivity index (χ1v) is 10.8. The number of hydrogen-bond donors (Lipinski definition) is 2. The predicted molar refractivity (Wildman–Crippen MR) is 108 cm³/mol. The summed E-state index contributed by atoms with van der Waals surface area (Å²) >= 11 is 0. The van der Waals surface area contributed by atoms with Crippen molar-refractivity contribution in [3.8, 4) is 0 Å². The van der Waals surface area contributed by atoms with E-state index in [9.17, 15) is 9.90 Å². The van der Waals surface area contributed by atoms with Crippen LogP contribution in [-0.4, -0.2) is 31.0 Å². The number of rotatable bonds is 6. The van der Waals surface area contributed by atoms with Gasteiger partial charge >= 0.3 is 5.97 Å². The van der Waals surface area contributed by atoms with Crippen molar-refractivity contribution in [2.75, 3.05) is 0 Å². The summed E-state index contributed by atoms with van der Waals surface area (Å²) in [6.45, 7) is 9.73. The van der Waals surface area contributed by atoms with Crippen molar-refractivity contribution in [3.05, 3.63) is 60.7 Å². The molecule has 3 N–H and O–H groups in total. The molecule has 2 atom stereocenters. The topological polar surface area (TPSA) is 72.5 Å². The zero-order valence-corrected chi connectivity index (χ0v) is 17.2. The molecule has 140 valence electrons. The number of hydrogen-bond acceptors (Lipinski definition) is 3. The third kappa shape index (κ3) is 3.61. The summed E-state index contributed by atoms with van der Waals surface area (Å²) in [5, 5.41) is 11.5.